The van der Waals surface area contributed by atoms with Gasteiger partial charge in [0.15, 0.2) is 0 Å². The minimum atomic E-state index is -0.848. The van der Waals surface area contributed by atoms with E-state index in [0.29, 0.717) is 23.7 Å². The molecule has 0 saturated carbocycles. The molecule has 1 saturated heterocycles. The average Bonchev–Trinajstić information content (AvgIpc) is 3.53. The fourth-order valence-corrected chi connectivity index (χ4v) is 4.79. The van der Waals surface area contributed by atoms with E-state index in [2.05, 4.69) is 0 Å². The molecule has 6 nitrogen and oxygen atoms in total. The number of rotatable bonds is 7. The lowest BCUT2D eigenvalue weighted by molar-refractivity contribution is -0.140. The van der Waals surface area contributed by atoms with E-state index < -0.39 is 17.7 Å². The first-order valence-electron chi connectivity index (χ1n) is 12.5. The Hall–Kier alpha value is -4.58. The Balaban J connectivity index is 1.50. The third-order valence-electron chi connectivity index (χ3n) is 6.88. The van der Waals surface area contributed by atoms with Crippen LogP contribution in [0.3, 0.4) is 0 Å². The molecule has 0 bridgehead atoms. The molecule has 1 N–H and O–H groups in total. The summed E-state index contributed by atoms with van der Waals surface area (Å²) in [5.41, 5.74) is 5.27. The Labute approximate surface area is 221 Å². The number of ether oxygens (including phenoxy) is 1. The third-order valence-corrected chi connectivity index (χ3v) is 6.88. The fourth-order valence-electron chi connectivity index (χ4n) is 4.79. The van der Waals surface area contributed by atoms with E-state index >= 15 is 0 Å². The largest absolute Gasteiger partial charge is 0.507 e. The summed E-state index contributed by atoms with van der Waals surface area (Å²) in [4.78, 5) is 28.1. The number of amides is 1. The smallest absolute Gasteiger partial charge is 0.296 e. The summed E-state index contributed by atoms with van der Waals surface area (Å²) in [6.07, 6.45) is 1.50. The van der Waals surface area contributed by atoms with Gasteiger partial charge in [0.25, 0.3) is 11.7 Å². The number of carbonyl (C=O) groups excluding carboxylic acids is 2. The predicted molar refractivity (Wildman–Crippen MR) is 144 cm³/mol. The van der Waals surface area contributed by atoms with Crippen molar-refractivity contribution >= 4 is 17.4 Å². The van der Waals surface area contributed by atoms with Crippen molar-refractivity contribution in [3.05, 3.63) is 130 Å². The summed E-state index contributed by atoms with van der Waals surface area (Å²) in [5, 5.41) is 11.4. The molecule has 1 fully saturated rings. The maximum atomic E-state index is 13.3. The maximum Gasteiger partial charge on any atom is 0.296 e. The Kier molecular flexibility index (Phi) is 6.88. The zero-order valence-corrected chi connectivity index (χ0v) is 21.6. The highest BCUT2D eigenvalue weighted by molar-refractivity contribution is 6.46. The summed E-state index contributed by atoms with van der Waals surface area (Å²) in [6.45, 7) is 6.45. The highest BCUT2D eigenvalue weighted by Crippen LogP contribution is 2.41. The summed E-state index contributed by atoms with van der Waals surface area (Å²) in [5.74, 6) is -0.575. The highest BCUT2D eigenvalue weighted by Gasteiger charge is 2.47. The lowest BCUT2D eigenvalue weighted by Gasteiger charge is -2.24. The van der Waals surface area contributed by atoms with Crippen molar-refractivity contribution in [2.75, 3.05) is 0 Å². The first-order chi connectivity index (χ1) is 18.3. The van der Waals surface area contributed by atoms with Crippen LogP contribution in [0.15, 0.2) is 95.1 Å². The van der Waals surface area contributed by atoms with Crippen LogP contribution in [0.5, 0.6) is 5.75 Å². The molecule has 192 valence electrons. The van der Waals surface area contributed by atoms with Crippen LogP contribution in [0.2, 0.25) is 0 Å². The second kappa shape index (κ2) is 10.4. The van der Waals surface area contributed by atoms with Crippen molar-refractivity contribution in [1.29, 1.82) is 0 Å². The van der Waals surface area contributed by atoms with E-state index in [-0.39, 0.29) is 17.9 Å². The van der Waals surface area contributed by atoms with Gasteiger partial charge in [0.2, 0.25) is 0 Å². The number of aliphatic hydroxyl groups is 1. The molecule has 0 radical (unpaired) electrons. The Bertz CT molecular complexity index is 1520. The van der Waals surface area contributed by atoms with Crippen molar-refractivity contribution in [2.45, 2.75) is 40.0 Å². The molecule has 6 heteroatoms. The van der Waals surface area contributed by atoms with E-state index in [1.54, 1.807) is 30.3 Å². The minimum Gasteiger partial charge on any atom is -0.507 e. The van der Waals surface area contributed by atoms with Crippen molar-refractivity contribution in [1.82, 2.24) is 4.90 Å². The van der Waals surface area contributed by atoms with Crippen molar-refractivity contribution in [2.24, 2.45) is 0 Å². The average molecular weight is 508 g/mol. The first-order valence-corrected chi connectivity index (χ1v) is 12.5. The van der Waals surface area contributed by atoms with Gasteiger partial charge in [0, 0.05) is 12.1 Å². The van der Waals surface area contributed by atoms with Gasteiger partial charge in [-0.25, -0.2) is 0 Å². The van der Waals surface area contributed by atoms with Crippen molar-refractivity contribution in [3.8, 4) is 5.75 Å². The Morgan fingerprint density at radius 3 is 2.42 bits per heavy atom. The van der Waals surface area contributed by atoms with E-state index in [9.17, 15) is 14.7 Å². The molecule has 1 atom stereocenters. The molecule has 0 spiro atoms. The molecule has 5 rings (SSSR count). The molecule has 1 amide bonds. The standard InChI is InChI=1S/C32H29NO5/c1-20-11-12-21(2)25(16-20)18-33-29(27-10-7-15-37-27)28(31(35)32(33)36)30(34)24-13-14-26(22(3)17-24)38-19-23-8-5-4-6-9-23/h4-17,29,34H,18-19H2,1-3H3/b30-28-. The SMILES string of the molecule is Cc1ccc(C)c(CN2C(=O)C(=O)/C(=C(\O)c3ccc(OCc4ccccc4)c(C)c3)C2c2ccco2)c1. The molecule has 38 heavy (non-hydrogen) atoms. The third kappa shape index (κ3) is 4.85. The molecule has 1 aromatic heterocycles. The van der Waals surface area contributed by atoms with Crippen LogP contribution in [0.4, 0.5) is 0 Å². The van der Waals surface area contributed by atoms with Crippen LogP contribution >= 0.6 is 0 Å². The lowest BCUT2D eigenvalue weighted by atomic mass is 9.98. The Morgan fingerprint density at radius 1 is 0.921 bits per heavy atom. The molecule has 1 unspecified atom stereocenters. The monoisotopic (exact) mass is 507 g/mol. The minimum absolute atomic E-state index is 0.00705. The molecule has 3 aromatic carbocycles. The van der Waals surface area contributed by atoms with Crippen LogP contribution in [0, 0.1) is 20.8 Å². The number of benzene rings is 3. The molecule has 0 aliphatic carbocycles. The van der Waals surface area contributed by atoms with Crippen molar-refractivity contribution in [3.63, 3.8) is 0 Å². The molecular weight excluding hydrogens is 478 g/mol. The number of carbonyl (C=O) groups is 2. The van der Waals surface area contributed by atoms with Gasteiger partial charge in [0.05, 0.1) is 11.8 Å². The fraction of sp³-hybridized carbons (Fsp3) is 0.188. The van der Waals surface area contributed by atoms with Crippen LogP contribution in [0.25, 0.3) is 5.76 Å². The Morgan fingerprint density at radius 2 is 1.71 bits per heavy atom. The lowest BCUT2D eigenvalue weighted by Crippen LogP contribution is -2.29. The highest BCUT2D eigenvalue weighted by atomic mass is 16.5. The van der Waals surface area contributed by atoms with Gasteiger partial charge in [-0.1, -0.05) is 54.1 Å². The van der Waals surface area contributed by atoms with E-state index in [0.717, 1.165) is 27.8 Å². The topological polar surface area (TPSA) is 80.0 Å². The number of nitrogens with zero attached hydrogens (tertiary/aromatic N) is 1. The number of hydrogen-bond acceptors (Lipinski definition) is 5. The number of likely N-dealkylation sites (tertiary alicyclic amines) is 1. The number of furan rings is 1. The molecule has 1 aliphatic rings. The normalized spacial score (nSPS) is 16.7. The van der Waals surface area contributed by atoms with Gasteiger partial charge < -0.3 is 19.2 Å². The molecular formula is C32H29NO5. The number of Topliss-reactive ketones (excluding diaryl/α,β-unsaturated/α-hetero) is 1. The zero-order chi connectivity index (χ0) is 26.8. The number of hydrogen-bond donors (Lipinski definition) is 1. The molecule has 1 aliphatic heterocycles. The quantitative estimate of drug-likeness (QED) is 0.178. The van der Waals surface area contributed by atoms with Crippen LogP contribution in [-0.4, -0.2) is 21.7 Å². The zero-order valence-electron chi connectivity index (χ0n) is 21.6. The summed E-state index contributed by atoms with van der Waals surface area (Å²) in [6, 6.07) is 23.6. The van der Waals surface area contributed by atoms with E-state index in [1.807, 2.05) is 69.3 Å². The second-order valence-electron chi connectivity index (χ2n) is 9.63. The van der Waals surface area contributed by atoms with Gasteiger partial charge in [-0.2, -0.15) is 0 Å². The number of ketones is 1. The summed E-state index contributed by atoms with van der Waals surface area (Å²) >= 11 is 0. The van der Waals surface area contributed by atoms with E-state index in [1.165, 1.54) is 11.2 Å². The van der Waals surface area contributed by atoms with E-state index in [4.69, 9.17) is 9.15 Å². The number of aliphatic hydroxyl groups excluding tert-OH is 1. The van der Waals surface area contributed by atoms with Crippen LogP contribution < -0.4 is 4.74 Å². The second-order valence-corrected chi connectivity index (χ2v) is 9.63. The summed E-state index contributed by atoms with van der Waals surface area (Å²) < 4.78 is 11.6. The van der Waals surface area contributed by atoms with Crippen LogP contribution in [0.1, 0.15) is 45.2 Å². The predicted octanol–water partition coefficient (Wildman–Crippen LogP) is 6.41. The van der Waals surface area contributed by atoms with Gasteiger partial charge in [0.1, 0.15) is 29.9 Å². The van der Waals surface area contributed by atoms with Gasteiger partial charge >= 0.3 is 0 Å². The first kappa shape index (κ1) is 25.1. The number of aryl methyl sites for hydroxylation is 3. The molecule has 4 aromatic rings. The molecule has 2 heterocycles. The van der Waals surface area contributed by atoms with Gasteiger partial charge in [-0.05, 0) is 73.4 Å². The van der Waals surface area contributed by atoms with Gasteiger partial charge in [-0.3, -0.25) is 9.59 Å². The van der Waals surface area contributed by atoms with Gasteiger partial charge in [-0.15, -0.1) is 0 Å². The van der Waals surface area contributed by atoms with Crippen LogP contribution in [-0.2, 0) is 22.7 Å². The maximum absolute atomic E-state index is 13.3. The van der Waals surface area contributed by atoms with Crippen molar-refractivity contribution < 1.29 is 23.8 Å². The summed E-state index contributed by atoms with van der Waals surface area (Å²) in [7, 11) is 0.